The third-order valence-corrected chi connectivity index (χ3v) is 4.55. The summed E-state index contributed by atoms with van der Waals surface area (Å²) in [5, 5.41) is 12.5. The minimum Gasteiger partial charge on any atom is -0.356 e. The summed E-state index contributed by atoms with van der Waals surface area (Å²) in [6.07, 6.45) is 0.676. The van der Waals surface area contributed by atoms with E-state index in [1.165, 1.54) is 4.88 Å². The van der Waals surface area contributed by atoms with Gasteiger partial charge in [0.1, 0.15) is 0 Å². The zero-order valence-corrected chi connectivity index (χ0v) is 14.3. The van der Waals surface area contributed by atoms with Crippen molar-refractivity contribution in [2.75, 3.05) is 20.1 Å². The highest BCUT2D eigenvalue weighted by atomic mass is 32.1. The molecule has 7 heteroatoms. The van der Waals surface area contributed by atoms with Gasteiger partial charge in [0.25, 0.3) is 0 Å². The highest BCUT2D eigenvalue weighted by molar-refractivity contribution is 7.10. The molecule has 0 aliphatic carbocycles. The molecular formula is C15H23N5OS. The van der Waals surface area contributed by atoms with E-state index in [2.05, 4.69) is 57.1 Å². The van der Waals surface area contributed by atoms with Crippen molar-refractivity contribution in [2.45, 2.75) is 32.6 Å². The number of hydrogen-bond acceptors (Lipinski definition) is 5. The standard InChI is InChI=1S/C15H23N5OS/c1-11-19-13(21-20-11)7-8-17-14(16-4)18-10-15(2,3)12-6-5-9-22-12/h5-6,9H,7-8,10H2,1-4H3,(H2,16,17,18). The average Bonchev–Trinajstić information content (AvgIpc) is 3.14. The molecule has 2 aromatic rings. The molecule has 22 heavy (non-hydrogen) atoms. The van der Waals surface area contributed by atoms with Gasteiger partial charge >= 0.3 is 0 Å². The molecule has 0 saturated heterocycles. The second-order valence-corrected chi connectivity index (χ2v) is 6.65. The van der Waals surface area contributed by atoms with E-state index in [0.29, 0.717) is 24.7 Å². The van der Waals surface area contributed by atoms with Crippen LogP contribution in [0.4, 0.5) is 0 Å². The molecule has 2 N–H and O–H groups in total. The van der Waals surface area contributed by atoms with E-state index in [4.69, 9.17) is 4.52 Å². The summed E-state index contributed by atoms with van der Waals surface area (Å²) >= 11 is 1.78. The number of aryl methyl sites for hydroxylation is 1. The molecule has 0 aromatic carbocycles. The van der Waals surface area contributed by atoms with Crippen LogP contribution in [0.5, 0.6) is 0 Å². The van der Waals surface area contributed by atoms with Crippen LogP contribution in [-0.2, 0) is 11.8 Å². The van der Waals surface area contributed by atoms with Crippen molar-refractivity contribution in [3.63, 3.8) is 0 Å². The van der Waals surface area contributed by atoms with E-state index in [0.717, 1.165) is 12.5 Å². The van der Waals surface area contributed by atoms with Crippen LogP contribution >= 0.6 is 11.3 Å². The topological polar surface area (TPSA) is 75.3 Å². The molecule has 0 bridgehead atoms. The van der Waals surface area contributed by atoms with Gasteiger partial charge in [-0.15, -0.1) is 11.3 Å². The number of nitrogens with one attached hydrogen (secondary N) is 2. The maximum absolute atomic E-state index is 5.08. The number of hydrogen-bond donors (Lipinski definition) is 2. The molecule has 6 nitrogen and oxygen atoms in total. The molecule has 0 radical (unpaired) electrons. The molecule has 120 valence electrons. The van der Waals surface area contributed by atoms with Gasteiger partial charge in [-0.3, -0.25) is 4.99 Å². The first-order chi connectivity index (χ1) is 10.5. The smallest absolute Gasteiger partial charge is 0.228 e. The number of rotatable bonds is 6. The number of nitrogens with zero attached hydrogens (tertiary/aromatic N) is 3. The van der Waals surface area contributed by atoms with Crippen LogP contribution in [0.3, 0.4) is 0 Å². The molecule has 0 unspecified atom stereocenters. The van der Waals surface area contributed by atoms with Crippen molar-refractivity contribution in [1.82, 2.24) is 20.8 Å². The van der Waals surface area contributed by atoms with Crippen LogP contribution in [-0.4, -0.2) is 36.2 Å². The quantitative estimate of drug-likeness (QED) is 0.630. The second-order valence-electron chi connectivity index (χ2n) is 5.70. The van der Waals surface area contributed by atoms with Gasteiger partial charge in [-0.05, 0) is 18.4 Å². The molecular weight excluding hydrogens is 298 g/mol. The third kappa shape index (κ3) is 4.56. The predicted octanol–water partition coefficient (Wildman–Crippen LogP) is 2.12. The lowest BCUT2D eigenvalue weighted by atomic mass is 9.91. The van der Waals surface area contributed by atoms with E-state index in [1.54, 1.807) is 18.4 Å². The van der Waals surface area contributed by atoms with Crippen molar-refractivity contribution < 1.29 is 4.52 Å². The van der Waals surface area contributed by atoms with E-state index < -0.39 is 0 Å². The Labute approximate surface area is 135 Å². The fourth-order valence-corrected chi connectivity index (χ4v) is 2.86. The molecule has 0 aliphatic rings. The van der Waals surface area contributed by atoms with Crippen molar-refractivity contribution in [1.29, 1.82) is 0 Å². The fourth-order valence-electron chi connectivity index (χ4n) is 2.01. The summed E-state index contributed by atoms with van der Waals surface area (Å²) < 4.78 is 5.08. The maximum atomic E-state index is 5.08. The molecule has 2 aromatic heterocycles. The summed E-state index contributed by atoms with van der Waals surface area (Å²) in [5.41, 5.74) is 0.0649. The minimum absolute atomic E-state index is 0.0649. The highest BCUT2D eigenvalue weighted by Gasteiger charge is 2.21. The van der Waals surface area contributed by atoms with Gasteiger partial charge in [0.2, 0.25) is 5.89 Å². The highest BCUT2D eigenvalue weighted by Crippen LogP contribution is 2.26. The summed E-state index contributed by atoms with van der Waals surface area (Å²) in [5.74, 6) is 2.08. The fraction of sp³-hybridized carbons (Fsp3) is 0.533. The number of thiophene rings is 1. The van der Waals surface area contributed by atoms with Crippen LogP contribution in [0, 0.1) is 6.92 Å². The Hall–Kier alpha value is -1.89. The molecule has 0 aliphatic heterocycles. The number of aromatic nitrogens is 2. The first-order valence-electron chi connectivity index (χ1n) is 7.29. The van der Waals surface area contributed by atoms with Crippen molar-refractivity contribution >= 4 is 17.3 Å². The molecule has 2 heterocycles. The number of guanidine groups is 1. The summed E-state index contributed by atoms with van der Waals surface area (Å²) in [6.45, 7) is 7.77. The van der Waals surface area contributed by atoms with Gasteiger partial charge < -0.3 is 15.2 Å². The Morgan fingerprint density at radius 3 is 2.82 bits per heavy atom. The lowest BCUT2D eigenvalue weighted by Crippen LogP contribution is -2.43. The van der Waals surface area contributed by atoms with Crippen LogP contribution in [0.15, 0.2) is 27.0 Å². The van der Waals surface area contributed by atoms with E-state index in [-0.39, 0.29) is 5.41 Å². The van der Waals surface area contributed by atoms with Gasteiger partial charge in [-0.25, -0.2) is 0 Å². The van der Waals surface area contributed by atoms with E-state index >= 15 is 0 Å². The third-order valence-electron chi connectivity index (χ3n) is 3.31. The maximum Gasteiger partial charge on any atom is 0.228 e. The second kappa shape index (κ2) is 7.40. The van der Waals surface area contributed by atoms with Crippen LogP contribution in [0.25, 0.3) is 0 Å². The van der Waals surface area contributed by atoms with Gasteiger partial charge in [0.05, 0.1) is 0 Å². The van der Waals surface area contributed by atoms with E-state index in [1.807, 2.05) is 6.92 Å². The lowest BCUT2D eigenvalue weighted by molar-refractivity contribution is 0.374. The van der Waals surface area contributed by atoms with Crippen LogP contribution in [0.2, 0.25) is 0 Å². The normalized spacial score (nSPS) is 12.5. The SMILES string of the molecule is CN=C(NCCc1nc(C)no1)NCC(C)(C)c1cccs1. The Morgan fingerprint density at radius 2 is 2.23 bits per heavy atom. The summed E-state index contributed by atoms with van der Waals surface area (Å²) in [4.78, 5) is 9.77. The zero-order chi connectivity index (χ0) is 16.0. The van der Waals surface area contributed by atoms with Crippen molar-refractivity contribution in [2.24, 2.45) is 4.99 Å². The minimum atomic E-state index is 0.0649. The Balaban J connectivity index is 1.78. The Kier molecular flexibility index (Phi) is 5.54. The molecule has 0 amide bonds. The monoisotopic (exact) mass is 321 g/mol. The van der Waals surface area contributed by atoms with Crippen LogP contribution < -0.4 is 10.6 Å². The Morgan fingerprint density at radius 1 is 1.41 bits per heavy atom. The summed E-state index contributed by atoms with van der Waals surface area (Å²) in [7, 11) is 1.77. The molecule has 0 saturated carbocycles. The number of aliphatic imine (C=N–C) groups is 1. The van der Waals surface area contributed by atoms with Crippen molar-refractivity contribution in [3.05, 3.63) is 34.1 Å². The Bertz CT molecular complexity index is 603. The van der Waals surface area contributed by atoms with Crippen LogP contribution in [0.1, 0.15) is 30.4 Å². The van der Waals surface area contributed by atoms with Gasteiger partial charge in [-0.1, -0.05) is 25.1 Å². The van der Waals surface area contributed by atoms with Gasteiger partial charge in [-0.2, -0.15) is 4.98 Å². The van der Waals surface area contributed by atoms with Gasteiger partial charge in [0.15, 0.2) is 11.8 Å². The first kappa shape index (κ1) is 16.5. The van der Waals surface area contributed by atoms with Crippen molar-refractivity contribution in [3.8, 4) is 0 Å². The average molecular weight is 321 g/mol. The zero-order valence-electron chi connectivity index (χ0n) is 13.5. The predicted molar refractivity (Wildman–Crippen MR) is 89.4 cm³/mol. The molecule has 2 rings (SSSR count). The first-order valence-corrected chi connectivity index (χ1v) is 8.17. The summed E-state index contributed by atoms with van der Waals surface area (Å²) in [6, 6.07) is 4.25. The largest absolute Gasteiger partial charge is 0.356 e. The molecule has 0 atom stereocenters. The van der Waals surface area contributed by atoms with E-state index in [9.17, 15) is 0 Å². The van der Waals surface area contributed by atoms with Gasteiger partial charge in [0, 0.05) is 36.9 Å². The molecule has 0 spiro atoms. The molecule has 0 fully saturated rings. The lowest BCUT2D eigenvalue weighted by Gasteiger charge is -2.25.